The van der Waals surface area contributed by atoms with Crippen molar-refractivity contribution in [3.63, 3.8) is 0 Å². The van der Waals surface area contributed by atoms with E-state index >= 15 is 0 Å². The van der Waals surface area contributed by atoms with Gasteiger partial charge in [0, 0.05) is 11.6 Å². The molecule has 0 spiro atoms. The number of nitrogens with one attached hydrogen (secondary N) is 1. The third-order valence-corrected chi connectivity index (χ3v) is 2.76. The predicted molar refractivity (Wildman–Crippen MR) is 68.9 cm³/mol. The molecule has 0 saturated heterocycles. The molecule has 122 valence electrons. The average Bonchev–Trinajstić information content (AvgIpc) is 2.48. The van der Waals surface area contributed by atoms with Crippen LogP contribution < -0.4 is 5.43 Å². The van der Waals surface area contributed by atoms with E-state index < -0.39 is 46.3 Å². The predicted octanol–water partition coefficient (Wildman–Crippen LogP) is 4.71. The standard InChI is InChI=1S/C14H7F7N2/c15-9-5-10(16)12(18)13(11(9)17)23-22-6-7-3-1-2-4-8(7)14(19,20)21/h1-6,23H. The Labute approximate surface area is 125 Å². The summed E-state index contributed by atoms with van der Waals surface area (Å²) in [6.45, 7) is 0. The fraction of sp³-hybridized carbons (Fsp3) is 0.0714. The minimum atomic E-state index is -4.66. The van der Waals surface area contributed by atoms with Gasteiger partial charge in [-0.15, -0.1) is 0 Å². The molecule has 0 amide bonds. The van der Waals surface area contributed by atoms with Gasteiger partial charge in [-0.25, -0.2) is 17.6 Å². The number of hydrazone groups is 1. The molecule has 0 aromatic heterocycles. The monoisotopic (exact) mass is 336 g/mol. The van der Waals surface area contributed by atoms with Crippen LogP contribution in [0.1, 0.15) is 11.1 Å². The number of nitrogens with zero attached hydrogens (tertiary/aromatic N) is 1. The van der Waals surface area contributed by atoms with Crippen molar-refractivity contribution in [1.29, 1.82) is 0 Å². The summed E-state index contributed by atoms with van der Waals surface area (Å²) in [7, 11) is 0. The van der Waals surface area contributed by atoms with Crippen molar-refractivity contribution in [3.8, 4) is 0 Å². The molecule has 2 rings (SSSR count). The third-order valence-electron chi connectivity index (χ3n) is 2.76. The van der Waals surface area contributed by atoms with E-state index in [1.807, 2.05) is 0 Å². The van der Waals surface area contributed by atoms with Crippen LogP contribution in [0.25, 0.3) is 0 Å². The Morgan fingerprint density at radius 2 is 1.48 bits per heavy atom. The first-order chi connectivity index (χ1) is 10.7. The summed E-state index contributed by atoms with van der Waals surface area (Å²) in [4.78, 5) is 0. The van der Waals surface area contributed by atoms with Crippen LogP contribution in [0.2, 0.25) is 0 Å². The van der Waals surface area contributed by atoms with Crippen molar-refractivity contribution in [3.05, 3.63) is 64.7 Å². The molecule has 2 aromatic carbocycles. The molecule has 0 unspecified atom stereocenters. The summed E-state index contributed by atoms with van der Waals surface area (Å²) in [6, 6.07) is 4.28. The Hall–Kier alpha value is -2.58. The minimum Gasteiger partial charge on any atom is -0.272 e. The Kier molecular flexibility index (Phi) is 4.57. The average molecular weight is 336 g/mol. The summed E-state index contributed by atoms with van der Waals surface area (Å²) in [5.41, 5.74) is -1.01. The van der Waals surface area contributed by atoms with Crippen LogP contribution >= 0.6 is 0 Å². The first-order valence-electron chi connectivity index (χ1n) is 6.00. The quantitative estimate of drug-likeness (QED) is 0.373. The Morgan fingerprint density at radius 3 is 2.04 bits per heavy atom. The maximum absolute atomic E-state index is 13.3. The van der Waals surface area contributed by atoms with Gasteiger partial charge in [0.2, 0.25) is 0 Å². The number of rotatable bonds is 3. The number of anilines is 1. The number of alkyl halides is 3. The maximum Gasteiger partial charge on any atom is 0.417 e. The second-order valence-corrected chi connectivity index (χ2v) is 4.30. The molecular weight excluding hydrogens is 329 g/mol. The van der Waals surface area contributed by atoms with Gasteiger partial charge in [-0.2, -0.15) is 18.3 Å². The molecule has 1 N–H and O–H groups in total. The van der Waals surface area contributed by atoms with Gasteiger partial charge >= 0.3 is 6.18 Å². The van der Waals surface area contributed by atoms with Gasteiger partial charge in [0.1, 0.15) is 5.69 Å². The van der Waals surface area contributed by atoms with Gasteiger partial charge in [-0.1, -0.05) is 18.2 Å². The van der Waals surface area contributed by atoms with E-state index in [1.54, 1.807) is 5.43 Å². The van der Waals surface area contributed by atoms with Crippen molar-refractivity contribution in [2.75, 3.05) is 5.43 Å². The molecule has 9 heteroatoms. The summed E-state index contributed by atoms with van der Waals surface area (Å²) in [5.74, 6) is -6.83. The van der Waals surface area contributed by atoms with Gasteiger partial charge < -0.3 is 0 Å². The third kappa shape index (κ3) is 3.61. The van der Waals surface area contributed by atoms with Crippen LogP contribution in [0.5, 0.6) is 0 Å². The molecule has 0 aliphatic rings. The zero-order valence-corrected chi connectivity index (χ0v) is 11.1. The van der Waals surface area contributed by atoms with Crippen LogP contribution in [0, 0.1) is 23.3 Å². The lowest BCUT2D eigenvalue weighted by molar-refractivity contribution is -0.137. The molecule has 0 atom stereocenters. The van der Waals surface area contributed by atoms with Gasteiger partial charge in [0.05, 0.1) is 11.8 Å². The molecule has 23 heavy (non-hydrogen) atoms. The van der Waals surface area contributed by atoms with Crippen molar-refractivity contribution in [1.82, 2.24) is 0 Å². The van der Waals surface area contributed by atoms with Crippen molar-refractivity contribution in [2.45, 2.75) is 6.18 Å². The van der Waals surface area contributed by atoms with E-state index in [9.17, 15) is 30.7 Å². The number of halogens is 7. The largest absolute Gasteiger partial charge is 0.417 e. The maximum atomic E-state index is 13.3. The highest BCUT2D eigenvalue weighted by Crippen LogP contribution is 2.31. The first kappa shape index (κ1) is 16.8. The molecule has 0 radical (unpaired) electrons. The molecule has 0 fully saturated rings. The highest BCUT2D eigenvalue weighted by atomic mass is 19.4. The van der Waals surface area contributed by atoms with Crippen LogP contribution in [0.3, 0.4) is 0 Å². The van der Waals surface area contributed by atoms with Gasteiger partial charge in [-0.05, 0) is 6.07 Å². The molecule has 2 aromatic rings. The molecule has 0 bridgehead atoms. The molecule has 0 aliphatic carbocycles. The van der Waals surface area contributed by atoms with E-state index in [0.717, 1.165) is 18.2 Å². The van der Waals surface area contributed by atoms with Crippen molar-refractivity contribution < 1.29 is 30.7 Å². The highest BCUT2D eigenvalue weighted by Gasteiger charge is 2.32. The van der Waals surface area contributed by atoms with Crippen LogP contribution in [0.15, 0.2) is 35.4 Å². The van der Waals surface area contributed by atoms with Crippen molar-refractivity contribution >= 4 is 11.9 Å². The summed E-state index contributed by atoms with van der Waals surface area (Å²) in [5, 5.41) is 3.20. The number of hydrogen-bond acceptors (Lipinski definition) is 2. The van der Waals surface area contributed by atoms with E-state index in [4.69, 9.17) is 0 Å². The number of benzene rings is 2. The van der Waals surface area contributed by atoms with Crippen LogP contribution in [-0.4, -0.2) is 6.21 Å². The second-order valence-electron chi connectivity index (χ2n) is 4.30. The van der Waals surface area contributed by atoms with Gasteiger partial charge in [-0.3, -0.25) is 5.43 Å². The molecule has 0 saturated carbocycles. The fourth-order valence-electron chi connectivity index (χ4n) is 1.71. The molecule has 0 heterocycles. The molecular formula is C14H7F7N2. The van der Waals surface area contributed by atoms with Gasteiger partial charge in [0.15, 0.2) is 23.3 Å². The first-order valence-corrected chi connectivity index (χ1v) is 6.00. The summed E-state index contributed by atoms with van der Waals surface area (Å²) < 4.78 is 90.8. The number of hydrogen-bond donors (Lipinski definition) is 1. The van der Waals surface area contributed by atoms with Gasteiger partial charge in [0.25, 0.3) is 0 Å². The van der Waals surface area contributed by atoms with E-state index in [1.165, 1.54) is 6.07 Å². The lowest BCUT2D eigenvalue weighted by Crippen LogP contribution is -2.09. The fourth-order valence-corrected chi connectivity index (χ4v) is 1.71. The SMILES string of the molecule is Fc1cc(F)c(F)c(NN=Cc2ccccc2C(F)(F)F)c1F. The second kappa shape index (κ2) is 6.27. The zero-order chi connectivity index (χ0) is 17.2. The Balaban J connectivity index is 2.31. The van der Waals surface area contributed by atoms with E-state index in [-0.39, 0.29) is 6.07 Å². The minimum absolute atomic E-state index is 0.00147. The topological polar surface area (TPSA) is 24.4 Å². The highest BCUT2D eigenvalue weighted by molar-refractivity contribution is 5.82. The smallest absolute Gasteiger partial charge is 0.272 e. The normalized spacial score (nSPS) is 12.0. The van der Waals surface area contributed by atoms with E-state index in [2.05, 4.69) is 5.10 Å². The Bertz CT molecular complexity index is 727. The van der Waals surface area contributed by atoms with E-state index in [0.29, 0.717) is 6.21 Å². The lowest BCUT2D eigenvalue weighted by Gasteiger charge is -2.09. The lowest BCUT2D eigenvalue weighted by atomic mass is 10.1. The van der Waals surface area contributed by atoms with Crippen LogP contribution in [0.4, 0.5) is 36.4 Å². The summed E-state index contributed by atoms with van der Waals surface area (Å²) in [6.07, 6.45) is -4.03. The Morgan fingerprint density at radius 1 is 0.913 bits per heavy atom. The summed E-state index contributed by atoms with van der Waals surface area (Å²) >= 11 is 0. The zero-order valence-electron chi connectivity index (χ0n) is 11.1. The van der Waals surface area contributed by atoms with Crippen LogP contribution in [-0.2, 0) is 6.18 Å². The molecule has 2 nitrogen and oxygen atoms in total. The van der Waals surface area contributed by atoms with Crippen molar-refractivity contribution in [2.24, 2.45) is 5.10 Å². The molecule has 0 aliphatic heterocycles.